The first kappa shape index (κ1) is 14.8. The first-order valence-corrected chi connectivity index (χ1v) is 7.84. The summed E-state index contributed by atoms with van der Waals surface area (Å²) in [4.78, 5) is 14.4. The number of hydrogen-bond acceptors (Lipinski definition) is 3. The number of nitrogens with zero attached hydrogens (tertiary/aromatic N) is 1. The Morgan fingerprint density at radius 1 is 1.32 bits per heavy atom. The van der Waals surface area contributed by atoms with E-state index in [-0.39, 0.29) is 30.4 Å². The number of rotatable bonds is 6. The number of amides is 1. The Bertz CT molecular complexity index is 301. The highest BCUT2D eigenvalue weighted by molar-refractivity contribution is 5.81. The third-order valence-corrected chi connectivity index (χ3v) is 4.76. The molecule has 1 amide bonds. The highest BCUT2D eigenvalue weighted by Crippen LogP contribution is 2.30. The average Bonchev–Trinajstić information content (AvgIpc) is 3.25. The summed E-state index contributed by atoms with van der Waals surface area (Å²) >= 11 is 0. The molecule has 4 heteroatoms. The number of carbonyl (C=O) groups excluding carboxylic acids is 1. The van der Waals surface area contributed by atoms with Gasteiger partial charge in [-0.3, -0.25) is 9.69 Å². The number of aliphatic hydroxyl groups is 1. The molecule has 0 aromatic heterocycles. The lowest BCUT2D eigenvalue weighted by Gasteiger charge is -2.41. The topological polar surface area (TPSA) is 52.6 Å². The van der Waals surface area contributed by atoms with Gasteiger partial charge in [0.05, 0.1) is 0 Å². The molecule has 4 nitrogen and oxygen atoms in total. The molecule has 0 radical (unpaired) electrons. The molecule has 0 spiro atoms. The first-order chi connectivity index (χ1) is 9.19. The SMILES string of the molecule is CCC(CC)N1CC[C@H](CO)[C@H](NC(=O)C2CC2)C1. The van der Waals surface area contributed by atoms with E-state index in [9.17, 15) is 9.90 Å². The molecule has 0 aromatic rings. The Morgan fingerprint density at radius 3 is 2.53 bits per heavy atom. The van der Waals surface area contributed by atoms with Gasteiger partial charge in [0.1, 0.15) is 0 Å². The van der Waals surface area contributed by atoms with E-state index in [0.717, 1.165) is 45.2 Å². The maximum atomic E-state index is 11.9. The highest BCUT2D eigenvalue weighted by atomic mass is 16.3. The van der Waals surface area contributed by atoms with Crippen LogP contribution in [0.2, 0.25) is 0 Å². The average molecular weight is 268 g/mol. The van der Waals surface area contributed by atoms with Crippen LogP contribution in [0.4, 0.5) is 0 Å². The van der Waals surface area contributed by atoms with E-state index in [0.29, 0.717) is 6.04 Å². The molecule has 1 saturated carbocycles. The summed E-state index contributed by atoms with van der Waals surface area (Å²) < 4.78 is 0. The number of carbonyl (C=O) groups is 1. The molecule has 2 atom stereocenters. The zero-order valence-electron chi connectivity index (χ0n) is 12.3. The van der Waals surface area contributed by atoms with Crippen molar-refractivity contribution in [1.29, 1.82) is 0 Å². The zero-order chi connectivity index (χ0) is 13.8. The number of piperidine rings is 1. The molecule has 2 rings (SSSR count). The van der Waals surface area contributed by atoms with E-state index in [1.807, 2.05) is 0 Å². The van der Waals surface area contributed by atoms with Crippen LogP contribution in [0.3, 0.4) is 0 Å². The van der Waals surface area contributed by atoms with Gasteiger partial charge in [0.15, 0.2) is 0 Å². The lowest BCUT2D eigenvalue weighted by molar-refractivity contribution is -0.124. The van der Waals surface area contributed by atoms with Gasteiger partial charge in [-0.05, 0) is 38.6 Å². The van der Waals surface area contributed by atoms with Crippen molar-refractivity contribution in [2.24, 2.45) is 11.8 Å². The number of aliphatic hydroxyl groups excluding tert-OH is 1. The monoisotopic (exact) mass is 268 g/mol. The third-order valence-electron chi connectivity index (χ3n) is 4.76. The van der Waals surface area contributed by atoms with Gasteiger partial charge < -0.3 is 10.4 Å². The fourth-order valence-electron chi connectivity index (χ4n) is 3.19. The van der Waals surface area contributed by atoms with Crippen LogP contribution in [-0.4, -0.2) is 47.7 Å². The van der Waals surface area contributed by atoms with Crippen LogP contribution in [0.1, 0.15) is 46.0 Å². The van der Waals surface area contributed by atoms with E-state index in [1.165, 1.54) is 0 Å². The maximum Gasteiger partial charge on any atom is 0.223 e. The summed E-state index contributed by atoms with van der Waals surface area (Å²) in [6.07, 6.45) is 5.38. The molecule has 1 heterocycles. The Morgan fingerprint density at radius 2 is 2.00 bits per heavy atom. The Labute approximate surface area is 116 Å². The molecule has 2 N–H and O–H groups in total. The summed E-state index contributed by atoms with van der Waals surface area (Å²) in [6, 6.07) is 0.743. The second-order valence-corrected chi connectivity index (χ2v) is 6.09. The lowest BCUT2D eigenvalue weighted by Crippen LogP contribution is -2.56. The van der Waals surface area contributed by atoms with Crippen molar-refractivity contribution in [1.82, 2.24) is 10.2 Å². The fourth-order valence-corrected chi connectivity index (χ4v) is 3.19. The summed E-state index contributed by atoms with van der Waals surface area (Å²) in [7, 11) is 0. The van der Waals surface area contributed by atoms with Crippen molar-refractivity contribution in [2.45, 2.75) is 58.0 Å². The highest BCUT2D eigenvalue weighted by Gasteiger charge is 2.36. The number of likely N-dealkylation sites (tertiary alicyclic amines) is 1. The summed E-state index contributed by atoms with van der Waals surface area (Å²) in [5.41, 5.74) is 0. The van der Waals surface area contributed by atoms with Crippen LogP contribution in [-0.2, 0) is 4.79 Å². The molecule has 0 aromatic carbocycles. The van der Waals surface area contributed by atoms with Crippen molar-refractivity contribution < 1.29 is 9.90 Å². The van der Waals surface area contributed by atoms with Crippen LogP contribution in [0.5, 0.6) is 0 Å². The minimum atomic E-state index is 0.132. The largest absolute Gasteiger partial charge is 0.396 e. The second kappa shape index (κ2) is 6.71. The van der Waals surface area contributed by atoms with Gasteiger partial charge in [0, 0.05) is 37.1 Å². The van der Waals surface area contributed by atoms with Crippen molar-refractivity contribution in [3.05, 3.63) is 0 Å². The molecule has 1 aliphatic carbocycles. The molecular formula is C15H28N2O2. The Hall–Kier alpha value is -0.610. The number of hydrogen-bond donors (Lipinski definition) is 2. The van der Waals surface area contributed by atoms with Crippen molar-refractivity contribution in [3.8, 4) is 0 Å². The molecule has 0 bridgehead atoms. The van der Waals surface area contributed by atoms with Gasteiger partial charge in [0.25, 0.3) is 0 Å². The third kappa shape index (κ3) is 3.69. The molecular weight excluding hydrogens is 240 g/mol. The smallest absolute Gasteiger partial charge is 0.223 e. The van der Waals surface area contributed by atoms with Gasteiger partial charge in [-0.25, -0.2) is 0 Å². The van der Waals surface area contributed by atoms with E-state index < -0.39 is 0 Å². The molecule has 19 heavy (non-hydrogen) atoms. The van der Waals surface area contributed by atoms with Gasteiger partial charge in [0.2, 0.25) is 5.91 Å². The minimum absolute atomic E-state index is 0.132. The van der Waals surface area contributed by atoms with Gasteiger partial charge in [-0.2, -0.15) is 0 Å². The molecule has 110 valence electrons. The Kier molecular flexibility index (Phi) is 5.22. The van der Waals surface area contributed by atoms with Crippen LogP contribution >= 0.6 is 0 Å². The van der Waals surface area contributed by atoms with Gasteiger partial charge in [-0.15, -0.1) is 0 Å². The predicted molar refractivity (Wildman–Crippen MR) is 75.8 cm³/mol. The fraction of sp³-hybridized carbons (Fsp3) is 0.933. The standard InChI is InChI=1S/C15H28N2O2/c1-3-13(4-2)17-8-7-12(10-18)14(9-17)16-15(19)11-5-6-11/h11-14,18H,3-10H2,1-2H3,(H,16,19)/t12-,14-/m1/s1. The van der Waals surface area contributed by atoms with E-state index >= 15 is 0 Å². The molecule has 1 saturated heterocycles. The molecule has 1 aliphatic heterocycles. The van der Waals surface area contributed by atoms with Crippen LogP contribution < -0.4 is 5.32 Å². The van der Waals surface area contributed by atoms with Gasteiger partial charge >= 0.3 is 0 Å². The quantitative estimate of drug-likeness (QED) is 0.765. The van der Waals surface area contributed by atoms with Crippen LogP contribution in [0.25, 0.3) is 0 Å². The summed E-state index contributed by atoms with van der Waals surface area (Å²) in [6.45, 7) is 6.59. The summed E-state index contributed by atoms with van der Waals surface area (Å²) in [5.74, 6) is 0.686. The van der Waals surface area contributed by atoms with Crippen LogP contribution in [0, 0.1) is 11.8 Å². The predicted octanol–water partition coefficient (Wildman–Crippen LogP) is 1.38. The second-order valence-electron chi connectivity index (χ2n) is 6.09. The normalized spacial score (nSPS) is 28.6. The van der Waals surface area contributed by atoms with Crippen molar-refractivity contribution >= 4 is 5.91 Å². The minimum Gasteiger partial charge on any atom is -0.396 e. The van der Waals surface area contributed by atoms with Crippen molar-refractivity contribution in [2.75, 3.05) is 19.7 Å². The van der Waals surface area contributed by atoms with E-state index in [4.69, 9.17) is 0 Å². The van der Waals surface area contributed by atoms with Crippen molar-refractivity contribution in [3.63, 3.8) is 0 Å². The zero-order valence-corrected chi connectivity index (χ0v) is 12.3. The molecule has 0 unspecified atom stereocenters. The summed E-state index contributed by atoms with van der Waals surface area (Å²) in [5, 5.41) is 12.7. The van der Waals surface area contributed by atoms with Crippen LogP contribution in [0.15, 0.2) is 0 Å². The lowest BCUT2D eigenvalue weighted by atomic mass is 9.90. The maximum absolute atomic E-state index is 11.9. The molecule has 2 fully saturated rings. The molecule has 2 aliphatic rings. The van der Waals surface area contributed by atoms with Gasteiger partial charge in [-0.1, -0.05) is 13.8 Å². The van der Waals surface area contributed by atoms with E-state index in [2.05, 4.69) is 24.1 Å². The first-order valence-electron chi connectivity index (χ1n) is 7.84. The Balaban J connectivity index is 1.93. The van der Waals surface area contributed by atoms with E-state index in [1.54, 1.807) is 0 Å². The number of nitrogens with one attached hydrogen (secondary N) is 1.